The van der Waals surface area contributed by atoms with Gasteiger partial charge in [0.2, 0.25) is 0 Å². The Morgan fingerprint density at radius 3 is 2.18 bits per heavy atom. The Morgan fingerprint density at radius 1 is 1.18 bits per heavy atom. The van der Waals surface area contributed by atoms with E-state index in [1.807, 2.05) is 0 Å². The number of hydrogen-bond acceptors (Lipinski definition) is 4. The van der Waals surface area contributed by atoms with Crippen LogP contribution in [0.3, 0.4) is 0 Å². The lowest BCUT2D eigenvalue weighted by atomic mass is 9.91. The summed E-state index contributed by atoms with van der Waals surface area (Å²) in [6.45, 7) is 0.268. The summed E-state index contributed by atoms with van der Waals surface area (Å²) in [6.07, 6.45) is -0.0687. The molecule has 1 aromatic carbocycles. The Kier molecular flexibility index (Phi) is 5.02. The van der Waals surface area contributed by atoms with Crippen molar-refractivity contribution >= 4 is 23.6 Å². The fourth-order valence-corrected chi connectivity index (χ4v) is 2.75. The Hall–Kier alpha value is -1.67. The van der Waals surface area contributed by atoms with Gasteiger partial charge in [0.05, 0.1) is 0 Å². The van der Waals surface area contributed by atoms with E-state index in [0.717, 1.165) is 0 Å². The summed E-state index contributed by atoms with van der Waals surface area (Å²) in [4.78, 5) is 25.0. The molecule has 0 aromatic heterocycles. The molecule has 2 N–H and O–H groups in total. The van der Waals surface area contributed by atoms with Gasteiger partial charge in [-0.3, -0.25) is 4.79 Å². The summed E-state index contributed by atoms with van der Waals surface area (Å²) in [5, 5.41) is 18.8. The number of amides is 1. The molecule has 0 spiro atoms. The van der Waals surface area contributed by atoms with E-state index < -0.39 is 17.3 Å². The molecular weight excluding hydrogens is 316 g/mol. The number of hydrogen-bond donors (Lipinski definition) is 2. The number of thioether (sulfide) groups is 1. The molecule has 120 valence electrons. The van der Waals surface area contributed by atoms with Crippen molar-refractivity contribution in [1.82, 2.24) is 4.90 Å². The number of halogens is 2. The van der Waals surface area contributed by atoms with Crippen LogP contribution in [0.25, 0.3) is 0 Å². The van der Waals surface area contributed by atoms with Crippen molar-refractivity contribution in [3.05, 3.63) is 29.8 Å². The molecule has 1 heterocycles. The summed E-state index contributed by atoms with van der Waals surface area (Å²) in [5.74, 6) is -4.11. The highest BCUT2D eigenvalue weighted by atomic mass is 32.2. The molecule has 0 atom stereocenters. The number of carboxylic acid groups (broad SMARTS) is 1. The van der Waals surface area contributed by atoms with Gasteiger partial charge in [-0.15, -0.1) is 0 Å². The highest BCUT2D eigenvalue weighted by molar-refractivity contribution is 7.99. The van der Waals surface area contributed by atoms with E-state index in [2.05, 4.69) is 0 Å². The summed E-state index contributed by atoms with van der Waals surface area (Å²) in [6, 6.07) is 5.82. The average Bonchev–Trinajstić information content (AvgIpc) is 2.47. The Morgan fingerprint density at radius 2 is 1.73 bits per heavy atom. The molecule has 0 aliphatic carbocycles. The second kappa shape index (κ2) is 6.62. The van der Waals surface area contributed by atoms with Crippen LogP contribution in [0.4, 0.5) is 8.78 Å². The molecule has 1 aromatic rings. The maximum absolute atomic E-state index is 12.3. The average molecular weight is 331 g/mol. The zero-order valence-corrected chi connectivity index (χ0v) is 12.4. The van der Waals surface area contributed by atoms with Crippen molar-refractivity contribution in [3.63, 3.8) is 0 Å². The minimum Gasteiger partial charge on any atom is -0.479 e. The lowest BCUT2D eigenvalue weighted by Gasteiger charge is -2.35. The van der Waals surface area contributed by atoms with E-state index >= 15 is 0 Å². The van der Waals surface area contributed by atoms with E-state index in [0.29, 0.717) is 22.2 Å². The fourth-order valence-electron chi connectivity index (χ4n) is 2.26. The van der Waals surface area contributed by atoms with Crippen molar-refractivity contribution in [2.45, 2.75) is 29.1 Å². The highest BCUT2D eigenvalue weighted by Crippen LogP contribution is 2.27. The summed E-state index contributed by atoms with van der Waals surface area (Å²) in [5.41, 5.74) is -1.44. The SMILES string of the molecule is O=C(c1ccc(SC(F)F)cc1)N1CCC(O)(C(=O)O)CC1. The minimum atomic E-state index is -2.52. The number of piperidine rings is 1. The highest BCUT2D eigenvalue weighted by Gasteiger charge is 2.40. The Balaban J connectivity index is 1.99. The molecule has 0 bridgehead atoms. The molecule has 8 heteroatoms. The molecule has 0 radical (unpaired) electrons. The maximum atomic E-state index is 12.3. The van der Waals surface area contributed by atoms with Crippen LogP contribution in [0, 0.1) is 0 Å². The Labute approximate surface area is 129 Å². The van der Waals surface area contributed by atoms with Gasteiger partial charge >= 0.3 is 5.97 Å². The third kappa shape index (κ3) is 3.75. The third-order valence-corrected chi connectivity index (χ3v) is 4.32. The lowest BCUT2D eigenvalue weighted by molar-refractivity contribution is -0.162. The van der Waals surface area contributed by atoms with E-state index in [9.17, 15) is 23.5 Å². The standard InChI is InChI=1S/C14H15F2NO4S/c15-13(16)22-10-3-1-9(2-4-10)11(18)17-7-5-14(21,6-8-17)12(19)20/h1-4,13,21H,5-8H2,(H,19,20). The molecule has 1 amide bonds. The number of nitrogens with zero attached hydrogens (tertiary/aromatic N) is 1. The Bertz CT molecular complexity index is 556. The van der Waals surface area contributed by atoms with E-state index in [1.165, 1.54) is 29.2 Å². The molecule has 0 unspecified atom stereocenters. The molecule has 1 saturated heterocycles. The first-order valence-electron chi connectivity index (χ1n) is 6.62. The molecule has 1 aliphatic heterocycles. The number of rotatable bonds is 4. The van der Waals surface area contributed by atoms with Gasteiger partial charge in [-0.1, -0.05) is 11.8 Å². The van der Waals surface area contributed by atoms with Gasteiger partial charge in [-0.25, -0.2) is 4.79 Å². The predicted octanol–water partition coefficient (Wildman–Crippen LogP) is 2.05. The largest absolute Gasteiger partial charge is 0.479 e. The molecule has 5 nitrogen and oxygen atoms in total. The maximum Gasteiger partial charge on any atom is 0.335 e. The van der Waals surface area contributed by atoms with E-state index in [1.54, 1.807) is 0 Å². The topological polar surface area (TPSA) is 77.8 Å². The number of aliphatic hydroxyl groups is 1. The zero-order valence-electron chi connectivity index (χ0n) is 11.5. The number of carboxylic acids is 1. The monoisotopic (exact) mass is 331 g/mol. The number of carbonyl (C=O) groups excluding carboxylic acids is 1. The first kappa shape index (κ1) is 16.7. The minimum absolute atomic E-state index is 0.0343. The number of benzene rings is 1. The summed E-state index contributed by atoms with van der Waals surface area (Å²) in [7, 11) is 0. The van der Waals surface area contributed by atoms with Gasteiger partial charge in [-0.05, 0) is 24.3 Å². The van der Waals surface area contributed by atoms with Crippen molar-refractivity contribution in [2.24, 2.45) is 0 Å². The van der Waals surface area contributed by atoms with Crippen LogP contribution in [-0.2, 0) is 4.79 Å². The van der Waals surface area contributed by atoms with E-state index in [-0.39, 0.29) is 31.8 Å². The van der Waals surface area contributed by atoms with Gasteiger partial charge in [0, 0.05) is 36.4 Å². The molecular formula is C14H15F2NO4S. The number of likely N-dealkylation sites (tertiary alicyclic amines) is 1. The fraction of sp³-hybridized carbons (Fsp3) is 0.429. The summed E-state index contributed by atoms with van der Waals surface area (Å²) < 4.78 is 24.4. The van der Waals surface area contributed by atoms with Crippen LogP contribution >= 0.6 is 11.8 Å². The third-order valence-electron chi connectivity index (χ3n) is 3.60. The van der Waals surface area contributed by atoms with Crippen molar-refractivity contribution in [1.29, 1.82) is 0 Å². The second-order valence-corrected chi connectivity index (χ2v) is 6.10. The van der Waals surface area contributed by atoms with Gasteiger partial charge in [0.1, 0.15) is 0 Å². The molecule has 2 rings (SSSR count). The smallest absolute Gasteiger partial charge is 0.335 e. The van der Waals surface area contributed by atoms with Gasteiger partial charge in [-0.2, -0.15) is 8.78 Å². The molecule has 0 saturated carbocycles. The van der Waals surface area contributed by atoms with Crippen molar-refractivity contribution in [2.75, 3.05) is 13.1 Å². The van der Waals surface area contributed by atoms with Gasteiger partial charge < -0.3 is 15.1 Å². The number of aliphatic carboxylic acids is 1. The molecule has 1 fully saturated rings. The second-order valence-electron chi connectivity index (χ2n) is 5.03. The number of alkyl halides is 2. The van der Waals surface area contributed by atoms with Crippen LogP contribution in [0.2, 0.25) is 0 Å². The van der Waals surface area contributed by atoms with Gasteiger partial charge in [0.15, 0.2) is 5.60 Å². The van der Waals surface area contributed by atoms with Crippen molar-refractivity contribution < 1.29 is 28.6 Å². The normalized spacial score (nSPS) is 17.5. The lowest BCUT2D eigenvalue weighted by Crippen LogP contribution is -2.50. The molecule has 22 heavy (non-hydrogen) atoms. The first-order chi connectivity index (χ1) is 10.3. The van der Waals surface area contributed by atoms with Crippen LogP contribution in [0.15, 0.2) is 29.2 Å². The van der Waals surface area contributed by atoms with Crippen LogP contribution in [0.5, 0.6) is 0 Å². The first-order valence-corrected chi connectivity index (χ1v) is 7.50. The quantitative estimate of drug-likeness (QED) is 0.826. The molecule has 1 aliphatic rings. The van der Waals surface area contributed by atoms with Crippen LogP contribution < -0.4 is 0 Å². The van der Waals surface area contributed by atoms with E-state index in [4.69, 9.17) is 5.11 Å². The van der Waals surface area contributed by atoms with Gasteiger partial charge in [0.25, 0.3) is 11.7 Å². The number of carbonyl (C=O) groups is 2. The predicted molar refractivity (Wildman–Crippen MR) is 76.0 cm³/mol. The summed E-state index contributed by atoms with van der Waals surface area (Å²) >= 11 is 0.401. The van der Waals surface area contributed by atoms with Crippen LogP contribution in [-0.4, -0.2) is 51.4 Å². The van der Waals surface area contributed by atoms with Crippen LogP contribution in [0.1, 0.15) is 23.2 Å². The zero-order chi connectivity index (χ0) is 16.3. The van der Waals surface area contributed by atoms with Crippen molar-refractivity contribution in [3.8, 4) is 0 Å².